The van der Waals surface area contributed by atoms with E-state index < -0.39 is 0 Å². The second kappa shape index (κ2) is 5.12. The van der Waals surface area contributed by atoms with Crippen LogP contribution in [0.5, 0.6) is 0 Å². The van der Waals surface area contributed by atoms with E-state index in [-0.39, 0.29) is 0 Å². The third-order valence-corrected chi connectivity index (χ3v) is 3.73. The van der Waals surface area contributed by atoms with Crippen LogP contribution in [-0.2, 0) is 6.54 Å². The van der Waals surface area contributed by atoms with Crippen LogP contribution in [0.15, 0.2) is 33.7 Å². The molecule has 4 nitrogen and oxygen atoms in total. The molecule has 0 aliphatic heterocycles. The number of hydrogen-bond donors (Lipinski definition) is 1. The molecule has 5 heteroatoms. The van der Waals surface area contributed by atoms with Crippen molar-refractivity contribution in [2.24, 2.45) is 0 Å². The molecule has 0 unspecified atom stereocenters. The van der Waals surface area contributed by atoms with Crippen LogP contribution in [0.4, 0.5) is 0 Å². The van der Waals surface area contributed by atoms with Gasteiger partial charge < -0.3 is 9.84 Å². The molecule has 0 atom stereocenters. The van der Waals surface area contributed by atoms with Gasteiger partial charge in [-0.15, -0.1) is 11.8 Å². The number of aromatic nitrogens is 2. The summed E-state index contributed by atoms with van der Waals surface area (Å²) in [7, 11) is 0. The van der Waals surface area contributed by atoms with Crippen molar-refractivity contribution in [2.45, 2.75) is 30.3 Å². The van der Waals surface area contributed by atoms with Crippen LogP contribution in [0, 0.1) is 0 Å². The van der Waals surface area contributed by atoms with Crippen molar-refractivity contribution < 1.29 is 4.52 Å². The maximum atomic E-state index is 5.33. The molecule has 1 fully saturated rings. The lowest BCUT2D eigenvalue weighted by atomic mass is 10.2. The Morgan fingerprint density at radius 1 is 1.39 bits per heavy atom. The molecule has 1 saturated carbocycles. The first-order valence-electron chi connectivity index (χ1n) is 6.06. The van der Waals surface area contributed by atoms with E-state index in [2.05, 4.69) is 21.5 Å². The van der Waals surface area contributed by atoms with E-state index in [4.69, 9.17) is 4.52 Å². The van der Waals surface area contributed by atoms with E-state index in [1.807, 2.05) is 24.5 Å². The summed E-state index contributed by atoms with van der Waals surface area (Å²) in [6.45, 7) is 0.690. The third-order valence-electron chi connectivity index (χ3n) is 2.93. The monoisotopic (exact) mass is 261 g/mol. The van der Waals surface area contributed by atoms with Gasteiger partial charge in [-0.1, -0.05) is 17.3 Å². The molecule has 0 bridgehead atoms. The first-order valence-corrected chi connectivity index (χ1v) is 7.28. The van der Waals surface area contributed by atoms with E-state index in [0.29, 0.717) is 18.5 Å². The van der Waals surface area contributed by atoms with Crippen LogP contribution in [0.3, 0.4) is 0 Å². The highest BCUT2D eigenvalue weighted by Crippen LogP contribution is 2.28. The summed E-state index contributed by atoms with van der Waals surface area (Å²) in [5.74, 6) is 1.33. The largest absolute Gasteiger partial charge is 0.334 e. The van der Waals surface area contributed by atoms with Crippen molar-refractivity contribution in [2.75, 3.05) is 6.26 Å². The Kier molecular flexibility index (Phi) is 3.34. The van der Waals surface area contributed by atoms with Crippen molar-refractivity contribution in [3.05, 3.63) is 30.1 Å². The lowest BCUT2D eigenvalue weighted by Gasteiger charge is -2.00. The lowest BCUT2D eigenvalue weighted by molar-refractivity contribution is 0.418. The Morgan fingerprint density at radius 2 is 2.22 bits per heavy atom. The van der Waals surface area contributed by atoms with Crippen molar-refractivity contribution >= 4 is 11.8 Å². The van der Waals surface area contributed by atoms with Gasteiger partial charge in [0.1, 0.15) is 0 Å². The molecule has 3 rings (SSSR count). The fourth-order valence-corrected chi connectivity index (χ4v) is 2.37. The van der Waals surface area contributed by atoms with Crippen molar-refractivity contribution in [1.82, 2.24) is 15.5 Å². The highest BCUT2D eigenvalue weighted by molar-refractivity contribution is 7.98. The molecule has 2 aromatic rings. The molecule has 0 radical (unpaired) electrons. The zero-order chi connectivity index (χ0) is 12.4. The Hall–Kier alpha value is -1.33. The fraction of sp³-hybridized carbons (Fsp3) is 0.385. The van der Waals surface area contributed by atoms with Crippen molar-refractivity contribution in [1.29, 1.82) is 0 Å². The van der Waals surface area contributed by atoms with Gasteiger partial charge in [-0.05, 0) is 31.2 Å². The van der Waals surface area contributed by atoms with Gasteiger partial charge in [0.2, 0.25) is 0 Å². The van der Waals surface area contributed by atoms with Gasteiger partial charge >= 0.3 is 0 Å². The summed E-state index contributed by atoms with van der Waals surface area (Å²) in [4.78, 5) is 5.59. The number of rotatable bonds is 5. The van der Waals surface area contributed by atoms with Gasteiger partial charge in [0.25, 0.3) is 5.89 Å². The van der Waals surface area contributed by atoms with E-state index in [0.717, 1.165) is 16.3 Å². The number of nitrogens with one attached hydrogen (secondary N) is 1. The maximum absolute atomic E-state index is 5.33. The predicted octanol–water partition coefficient (Wildman–Crippen LogP) is 2.71. The molecular weight excluding hydrogens is 246 g/mol. The number of hydrogen-bond acceptors (Lipinski definition) is 5. The minimum atomic E-state index is 0.604. The molecule has 1 heterocycles. The Labute approximate surface area is 110 Å². The Morgan fingerprint density at radius 3 is 3.00 bits per heavy atom. The summed E-state index contributed by atoms with van der Waals surface area (Å²) in [5, 5.41) is 7.39. The molecule has 18 heavy (non-hydrogen) atoms. The third kappa shape index (κ3) is 2.57. The van der Waals surface area contributed by atoms with Crippen LogP contribution in [0.1, 0.15) is 18.7 Å². The molecule has 0 spiro atoms. The zero-order valence-electron chi connectivity index (χ0n) is 10.2. The standard InChI is InChI=1S/C13H15N3OS/c1-18-11-5-3-2-4-10(11)13-15-12(16-17-13)8-14-9-6-7-9/h2-5,9,14H,6-8H2,1H3. The number of thioether (sulfide) groups is 1. The minimum Gasteiger partial charge on any atom is -0.334 e. The first-order chi connectivity index (χ1) is 8.86. The first kappa shape index (κ1) is 11.7. The topological polar surface area (TPSA) is 51.0 Å². The maximum Gasteiger partial charge on any atom is 0.259 e. The van der Waals surface area contributed by atoms with Gasteiger partial charge in [-0.25, -0.2) is 0 Å². The fourth-order valence-electron chi connectivity index (χ4n) is 1.78. The van der Waals surface area contributed by atoms with Gasteiger partial charge in [0, 0.05) is 10.9 Å². The summed E-state index contributed by atoms with van der Waals surface area (Å²) >= 11 is 1.68. The Bertz CT molecular complexity index is 537. The smallest absolute Gasteiger partial charge is 0.259 e. The van der Waals surface area contributed by atoms with Crippen LogP contribution in [0.2, 0.25) is 0 Å². The second-order valence-corrected chi connectivity index (χ2v) is 5.22. The summed E-state index contributed by atoms with van der Waals surface area (Å²) in [6, 6.07) is 8.73. The van der Waals surface area contributed by atoms with Gasteiger partial charge in [0.15, 0.2) is 5.82 Å². The second-order valence-electron chi connectivity index (χ2n) is 4.37. The molecule has 0 amide bonds. The average Bonchev–Trinajstić information content (AvgIpc) is 3.13. The SMILES string of the molecule is CSc1ccccc1-c1nc(CNC2CC2)no1. The molecule has 1 aliphatic rings. The van der Waals surface area contributed by atoms with Gasteiger partial charge in [-0.2, -0.15) is 4.98 Å². The van der Waals surface area contributed by atoms with Crippen molar-refractivity contribution in [3.63, 3.8) is 0 Å². The molecule has 94 valence electrons. The lowest BCUT2D eigenvalue weighted by Crippen LogP contribution is -2.16. The van der Waals surface area contributed by atoms with E-state index in [1.54, 1.807) is 11.8 Å². The van der Waals surface area contributed by atoms with E-state index in [9.17, 15) is 0 Å². The van der Waals surface area contributed by atoms with Crippen LogP contribution in [0.25, 0.3) is 11.5 Å². The van der Waals surface area contributed by atoms with Crippen LogP contribution < -0.4 is 5.32 Å². The normalized spacial score (nSPS) is 14.9. The van der Waals surface area contributed by atoms with Crippen LogP contribution in [-0.4, -0.2) is 22.4 Å². The summed E-state index contributed by atoms with van der Waals surface area (Å²) < 4.78 is 5.33. The molecule has 1 N–H and O–H groups in total. The van der Waals surface area contributed by atoms with E-state index in [1.165, 1.54) is 12.8 Å². The molecule has 1 aliphatic carbocycles. The quantitative estimate of drug-likeness (QED) is 0.839. The van der Waals surface area contributed by atoms with Crippen LogP contribution >= 0.6 is 11.8 Å². The zero-order valence-corrected chi connectivity index (χ0v) is 11.0. The summed E-state index contributed by atoms with van der Waals surface area (Å²) in [5.41, 5.74) is 1.01. The number of benzene rings is 1. The number of nitrogens with zero attached hydrogens (tertiary/aromatic N) is 2. The van der Waals surface area contributed by atoms with Gasteiger partial charge in [-0.3, -0.25) is 0 Å². The predicted molar refractivity (Wildman–Crippen MR) is 71.4 cm³/mol. The highest BCUT2D eigenvalue weighted by Gasteiger charge is 2.21. The summed E-state index contributed by atoms with van der Waals surface area (Å²) in [6.07, 6.45) is 4.57. The van der Waals surface area contributed by atoms with Crippen molar-refractivity contribution in [3.8, 4) is 11.5 Å². The van der Waals surface area contributed by atoms with E-state index >= 15 is 0 Å². The average molecular weight is 261 g/mol. The Balaban J connectivity index is 1.78. The molecule has 1 aromatic carbocycles. The molecule has 0 saturated heterocycles. The molecular formula is C13H15N3OS. The minimum absolute atomic E-state index is 0.604. The highest BCUT2D eigenvalue weighted by atomic mass is 32.2. The van der Waals surface area contributed by atoms with Gasteiger partial charge in [0.05, 0.1) is 12.1 Å². The molecule has 1 aromatic heterocycles.